The Kier molecular flexibility index (Phi) is 16.3. The van der Waals surface area contributed by atoms with Gasteiger partial charge in [0.2, 0.25) is 11.8 Å². The van der Waals surface area contributed by atoms with Crippen LogP contribution < -0.4 is 21.3 Å². The topological polar surface area (TPSA) is 114 Å². The Labute approximate surface area is 275 Å². The second kappa shape index (κ2) is 21.2. The van der Waals surface area contributed by atoms with Gasteiger partial charge in [0.1, 0.15) is 0 Å². The second-order valence-electron chi connectivity index (χ2n) is 12.5. The lowest BCUT2D eigenvalue weighted by atomic mass is 10.1. The minimum absolute atomic E-state index is 0.0888. The molecule has 2 amide bonds. The van der Waals surface area contributed by atoms with Crippen molar-refractivity contribution in [2.45, 2.75) is 89.9 Å². The van der Waals surface area contributed by atoms with Crippen molar-refractivity contribution in [2.75, 3.05) is 39.3 Å². The highest BCUT2D eigenvalue weighted by Crippen LogP contribution is 2.19. The first kappa shape index (κ1) is 35.2. The summed E-state index contributed by atoms with van der Waals surface area (Å²) in [7, 11) is 0. The molecule has 6 N–H and O–H groups in total. The van der Waals surface area contributed by atoms with Crippen molar-refractivity contribution in [1.29, 1.82) is 0 Å². The summed E-state index contributed by atoms with van der Waals surface area (Å²) in [4.78, 5) is 31.0. The van der Waals surface area contributed by atoms with E-state index in [-0.39, 0.29) is 11.8 Å². The van der Waals surface area contributed by atoms with Gasteiger partial charge in [-0.1, -0.05) is 87.8 Å². The first-order chi connectivity index (χ1) is 22.7. The monoisotopic (exact) mass is 628 g/mol. The van der Waals surface area contributed by atoms with E-state index in [4.69, 9.17) is 0 Å². The molecule has 2 aromatic heterocycles. The molecule has 0 unspecified atom stereocenters. The number of benzene rings is 2. The lowest BCUT2D eigenvalue weighted by Crippen LogP contribution is -2.28. The predicted molar refractivity (Wildman–Crippen MR) is 191 cm³/mol. The highest BCUT2D eigenvalue weighted by Gasteiger charge is 2.09. The largest absolute Gasteiger partial charge is 0.361 e. The third kappa shape index (κ3) is 13.0. The summed E-state index contributed by atoms with van der Waals surface area (Å²) >= 11 is 0. The molecule has 8 heteroatoms. The third-order valence-electron chi connectivity index (χ3n) is 8.71. The molecule has 8 nitrogen and oxygen atoms in total. The number of fused-ring (bicyclic) bond motifs is 2. The van der Waals surface area contributed by atoms with Crippen LogP contribution >= 0.6 is 0 Å². The van der Waals surface area contributed by atoms with E-state index < -0.39 is 0 Å². The molecule has 2 heterocycles. The molecule has 0 saturated carbocycles. The van der Waals surface area contributed by atoms with Crippen molar-refractivity contribution in [3.8, 4) is 0 Å². The van der Waals surface area contributed by atoms with Gasteiger partial charge in [0, 0.05) is 47.3 Å². The van der Waals surface area contributed by atoms with Gasteiger partial charge in [-0.3, -0.25) is 9.59 Å². The van der Waals surface area contributed by atoms with E-state index in [1.807, 2.05) is 48.8 Å². The van der Waals surface area contributed by atoms with Crippen molar-refractivity contribution in [1.82, 2.24) is 31.2 Å². The number of unbranched alkanes of at least 4 members (excludes halogenated alkanes) is 9. The van der Waals surface area contributed by atoms with Crippen LogP contribution in [-0.4, -0.2) is 61.1 Å². The van der Waals surface area contributed by atoms with Gasteiger partial charge in [-0.15, -0.1) is 0 Å². The summed E-state index contributed by atoms with van der Waals surface area (Å²) < 4.78 is 0. The van der Waals surface area contributed by atoms with Gasteiger partial charge in [-0.25, -0.2) is 0 Å². The van der Waals surface area contributed by atoms with Gasteiger partial charge in [-0.05, 0) is 75.1 Å². The van der Waals surface area contributed by atoms with Gasteiger partial charge in [0.15, 0.2) is 0 Å². The number of carbonyl (C=O) groups is 2. The molecular weight excluding hydrogens is 572 g/mol. The molecule has 0 aliphatic rings. The van der Waals surface area contributed by atoms with Crippen LogP contribution in [0.2, 0.25) is 0 Å². The molecule has 0 bridgehead atoms. The molecule has 0 atom stereocenters. The molecule has 0 aliphatic carbocycles. The number of nitrogens with one attached hydrogen (secondary N) is 6. The molecule has 0 saturated heterocycles. The van der Waals surface area contributed by atoms with Crippen LogP contribution in [-0.2, 0) is 22.4 Å². The normalized spacial score (nSPS) is 11.4. The maximum Gasteiger partial charge on any atom is 0.224 e. The number of hydrogen-bond donors (Lipinski definition) is 6. The maximum absolute atomic E-state index is 12.3. The van der Waals surface area contributed by atoms with Crippen LogP contribution in [0.5, 0.6) is 0 Å². The van der Waals surface area contributed by atoms with E-state index in [0.717, 1.165) is 85.0 Å². The lowest BCUT2D eigenvalue weighted by Gasteiger charge is -2.07. The molecule has 0 radical (unpaired) electrons. The number of para-hydroxylation sites is 2. The number of amides is 2. The second-order valence-corrected chi connectivity index (χ2v) is 12.5. The molecule has 0 aliphatic heterocycles. The summed E-state index contributed by atoms with van der Waals surface area (Å²) in [5.41, 5.74) is 4.27. The fourth-order valence-corrected chi connectivity index (χ4v) is 6.07. The van der Waals surface area contributed by atoms with Crippen LogP contribution in [0.4, 0.5) is 0 Å². The average molecular weight is 629 g/mol. The zero-order valence-electron chi connectivity index (χ0n) is 27.7. The number of hydrogen-bond acceptors (Lipinski definition) is 4. The highest BCUT2D eigenvalue weighted by atomic mass is 16.2. The van der Waals surface area contributed by atoms with Gasteiger partial charge in [-0.2, -0.15) is 0 Å². The summed E-state index contributed by atoms with van der Waals surface area (Å²) in [6, 6.07) is 16.2. The summed E-state index contributed by atoms with van der Waals surface area (Å²) in [5.74, 6) is 0.178. The van der Waals surface area contributed by atoms with Crippen molar-refractivity contribution in [3.05, 3.63) is 72.1 Å². The Morgan fingerprint density at radius 1 is 0.457 bits per heavy atom. The van der Waals surface area contributed by atoms with E-state index >= 15 is 0 Å². The summed E-state index contributed by atoms with van der Waals surface area (Å²) in [5, 5.41) is 15.4. The quantitative estimate of drug-likeness (QED) is 0.0469. The minimum atomic E-state index is 0.0888. The van der Waals surface area contributed by atoms with Crippen molar-refractivity contribution in [3.63, 3.8) is 0 Å². The lowest BCUT2D eigenvalue weighted by molar-refractivity contribution is -0.121. The molecule has 0 fully saturated rings. The van der Waals surface area contributed by atoms with Crippen LogP contribution in [0, 0.1) is 0 Å². The summed E-state index contributed by atoms with van der Waals surface area (Å²) in [6.45, 7) is 5.48. The van der Waals surface area contributed by atoms with Crippen LogP contribution in [0.3, 0.4) is 0 Å². The third-order valence-corrected chi connectivity index (χ3v) is 8.71. The molecule has 0 spiro atoms. The fourth-order valence-electron chi connectivity index (χ4n) is 6.07. The number of aromatic nitrogens is 2. The molecule has 46 heavy (non-hydrogen) atoms. The maximum atomic E-state index is 12.3. The minimum Gasteiger partial charge on any atom is -0.361 e. The smallest absolute Gasteiger partial charge is 0.224 e. The molecule has 4 aromatic rings. The predicted octanol–water partition coefficient (Wildman–Crippen LogP) is 6.53. The first-order valence-corrected chi connectivity index (χ1v) is 17.8. The van der Waals surface area contributed by atoms with Crippen molar-refractivity contribution >= 4 is 33.6 Å². The first-order valence-electron chi connectivity index (χ1n) is 17.8. The Balaban J connectivity index is 0.829. The van der Waals surface area contributed by atoms with E-state index in [0.29, 0.717) is 12.8 Å². The highest BCUT2D eigenvalue weighted by molar-refractivity contribution is 5.89. The Morgan fingerprint density at radius 3 is 1.26 bits per heavy atom. The molecule has 2 aromatic carbocycles. The number of carbonyl (C=O) groups excluding carboxylic acids is 2. The fraction of sp³-hybridized carbons (Fsp3) is 0.526. The van der Waals surface area contributed by atoms with Gasteiger partial charge in [0.05, 0.1) is 12.8 Å². The molecule has 4 rings (SSSR count). The average Bonchev–Trinajstić information content (AvgIpc) is 3.67. The zero-order valence-corrected chi connectivity index (χ0v) is 27.7. The van der Waals surface area contributed by atoms with Crippen LogP contribution in [0.1, 0.15) is 88.2 Å². The standard InChI is InChI=1S/C38H56N6O2/c45-37(27-31-29-43-35-19-11-9-17-33(31)35)41-25-15-23-39-21-13-7-5-3-1-2-4-6-8-14-22-40-24-16-26-42-38(46)28-32-30-44-36-20-12-10-18-34(32)36/h9-12,17-20,29-30,39-40,43-44H,1-8,13-16,21-28H2,(H,41,45)(H,42,46). The Morgan fingerprint density at radius 2 is 0.826 bits per heavy atom. The zero-order chi connectivity index (χ0) is 32.1. The number of rotatable bonds is 25. The Bertz CT molecular complexity index is 1320. The SMILES string of the molecule is O=C(Cc1c[nH]c2ccccc12)NCCCNCCCCCCCCCCCCNCCCNC(=O)Cc1c[nH]c2ccccc12. The Hall–Kier alpha value is -3.62. The number of aromatic amines is 2. The van der Waals surface area contributed by atoms with Gasteiger partial charge < -0.3 is 31.2 Å². The molecule has 250 valence electrons. The van der Waals surface area contributed by atoms with E-state index in [2.05, 4.69) is 43.4 Å². The van der Waals surface area contributed by atoms with E-state index in [1.165, 1.54) is 64.2 Å². The van der Waals surface area contributed by atoms with Crippen molar-refractivity contribution < 1.29 is 9.59 Å². The van der Waals surface area contributed by atoms with Crippen LogP contribution in [0.15, 0.2) is 60.9 Å². The number of H-pyrrole nitrogens is 2. The van der Waals surface area contributed by atoms with Crippen molar-refractivity contribution in [2.24, 2.45) is 0 Å². The summed E-state index contributed by atoms with van der Waals surface area (Å²) in [6.07, 6.45) is 19.8. The van der Waals surface area contributed by atoms with E-state index in [1.54, 1.807) is 0 Å². The van der Waals surface area contributed by atoms with Crippen LogP contribution in [0.25, 0.3) is 21.8 Å². The van der Waals surface area contributed by atoms with Gasteiger partial charge in [0.25, 0.3) is 0 Å². The van der Waals surface area contributed by atoms with E-state index in [9.17, 15) is 9.59 Å². The van der Waals surface area contributed by atoms with Gasteiger partial charge >= 0.3 is 0 Å². The molecular formula is C38H56N6O2.